The van der Waals surface area contributed by atoms with Crippen molar-refractivity contribution in [3.05, 3.63) is 60.0 Å². The van der Waals surface area contributed by atoms with Crippen molar-refractivity contribution in [3.8, 4) is 22.9 Å². The van der Waals surface area contributed by atoms with Gasteiger partial charge in [-0.3, -0.25) is 4.79 Å². The average molecular weight is 421 g/mol. The van der Waals surface area contributed by atoms with Gasteiger partial charge < -0.3 is 18.9 Å². The van der Waals surface area contributed by atoms with Crippen LogP contribution in [0.3, 0.4) is 0 Å². The summed E-state index contributed by atoms with van der Waals surface area (Å²) in [4.78, 5) is 19.4. The predicted octanol–water partition coefficient (Wildman–Crippen LogP) is 4.30. The van der Waals surface area contributed by atoms with Gasteiger partial charge >= 0.3 is 0 Å². The van der Waals surface area contributed by atoms with E-state index in [-0.39, 0.29) is 17.9 Å². The first-order valence-electron chi connectivity index (χ1n) is 10.5. The molecule has 0 N–H and O–H groups in total. The highest BCUT2D eigenvalue weighted by Crippen LogP contribution is 2.34. The summed E-state index contributed by atoms with van der Waals surface area (Å²) in [6, 6.07) is 15.6. The molecule has 7 nitrogen and oxygen atoms in total. The minimum atomic E-state index is -0.0115. The Labute approximate surface area is 182 Å². The van der Waals surface area contributed by atoms with E-state index in [2.05, 4.69) is 29.2 Å². The van der Waals surface area contributed by atoms with Gasteiger partial charge in [-0.1, -0.05) is 35.5 Å². The minimum absolute atomic E-state index is 0.0115. The molecule has 1 aliphatic carbocycles. The zero-order valence-electron chi connectivity index (χ0n) is 18.1. The van der Waals surface area contributed by atoms with Gasteiger partial charge in [0.25, 0.3) is 0 Å². The molecule has 162 valence electrons. The average Bonchev–Trinajstić information content (AvgIpc) is 3.57. The number of hydrogen-bond donors (Lipinski definition) is 0. The number of hydrogen-bond acceptors (Lipinski definition) is 6. The molecule has 3 aromatic rings. The van der Waals surface area contributed by atoms with Crippen LogP contribution in [0.2, 0.25) is 0 Å². The first kappa shape index (κ1) is 20.9. The molecule has 2 aromatic carbocycles. The number of nitrogens with zero attached hydrogens (tertiary/aromatic N) is 3. The third-order valence-electron chi connectivity index (χ3n) is 5.64. The molecule has 1 fully saturated rings. The van der Waals surface area contributed by atoms with Crippen LogP contribution in [0.15, 0.2) is 53.1 Å². The molecule has 1 aromatic heterocycles. The number of benzene rings is 2. The normalized spacial score (nSPS) is 14.2. The highest BCUT2D eigenvalue weighted by Gasteiger charge is 2.35. The minimum Gasteiger partial charge on any atom is -0.493 e. The quantitative estimate of drug-likeness (QED) is 0.513. The van der Waals surface area contributed by atoms with Crippen molar-refractivity contribution in [3.63, 3.8) is 0 Å². The van der Waals surface area contributed by atoms with Crippen molar-refractivity contribution >= 4 is 5.91 Å². The second kappa shape index (κ2) is 9.20. The maximum atomic E-state index is 12.9. The summed E-state index contributed by atoms with van der Waals surface area (Å²) in [6.07, 6.45) is 2.44. The van der Waals surface area contributed by atoms with Gasteiger partial charge in [-0.15, -0.1) is 0 Å². The van der Waals surface area contributed by atoms with Gasteiger partial charge in [0.1, 0.15) is 0 Å². The van der Waals surface area contributed by atoms with Crippen molar-refractivity contribution in [2.75, 3.05) is 20.8 Å². The maximum absolute atomic E-state index is 12.9. The number of methoxy groups -OCH3 is 2. The van der Waals surface area contributed by atoms with Crippen molar-refractivity contribution in [1.29, 1.82) is 0 Å². The molecule has 1 saturated carbocycles. The van der Waals surface area contributed by atoms with Gasteiger partial charge in [0, 0.05) is 24.4 Å². The second-order valence-corrected chi connectivity index (χ2v) is 7.72. The molecule has 1 aliphatic rings. The molecule has 0 spiro atoms. The second-order valence-electron chi connectivity index (χ2n) is 7.72. The monoisotopic (exact) mass is 421 g/mol. The van der Waals surface area contributed by atoms with Crippen LogP contribution in [0.5, 0.6) is 11.5 Å². The first-order chi connectivity index (χ1) is 15.1. The fourth-order valence-electron chi connectivity index (χ4n) is 3.64. The van der Waals surface area contributed by atoms with E-state index in [9.17, 15) is 4.79 Å². The Hall–Kier alpha value is -3.35. The summed E-state index contributed by atoms with van der Waals surface area (Å²) >= 11 is 0. The fraction of sp³-hybridized carbons (Fsp3) is 0.375. The molecule has 1 amide bonds. The molecule has 0 bridgehead atoms. The Bertz CT molecular complexity index is 1030. The van der Waals surface area contributed by atoms with Gasteiger partial charge in [0.2, 0.25) is 17.6 Å². The summed E-state index contributed by atoms with van der Waals surface area (Å²) in [6.45, 7) is 2.59. The van der Waals surface area contributed by atoms with Gasteiger partial charge in [0.15, 0.2) is 11.5 Å². The van der Waals surface area contributed by atoms with E-state index in [1.165, 1.54) is 0 Å². The first-order valence-corrected chi connectivity index (χ1v) is 10.5. The van der Waals surface area contributed by atoms with E-state index in [4.69, 9.17) is 14.0 Å². The number of rotatable bonds is 9. The molecule has 1 atom stereocenters. The third kappa shape index (κ3) is 4.71. The molecule has 0 aliphatic heterocycles. The number of carbonyl (C=O) groups is 1. The summed E-state index contributed by atoms with van der Waals surface area (Å²) in [5.41, 5.74) is 1.89. The van der Waals surface area contributed by atoms with Crippen LogP contribution >= 0.6 is 0 Å². The van der Waals surface area contributed by atoms with Crippen molar-refractivity contribution in [2.24, 2.45) is 5.92 Å². The summed E-state index contributed by atoms with van der Waals surface area (Å²) in [5, 5.41) is 4.10. The molecule has 0 unspecified atom stereocenters. The molecule has 0 saturated heterocycles. The number of amides is 1. The molecule has 31 heavy (non-hydrogen) atoms. The molecule has 7 heteroatoms. The standard InChI is InChI=1S/C24H27N3O4/c1-16(17-7-5-4-6-8-17)27(24(28)18-9-10-18)14-13-22-25-23(26-31-22)19-11-12-20(29-2)21(15-19)30-3/h4-8,11-12,15-16,18H,9-10,13-14H2,1-3H3/t16-/m0/s1. The summed E-state index contributed by atoms with van der Waals surface area (Å²) < 4.78 is 16.1. The fourth-order valence-corrected chi connectivity index (χ4v) is 3.64. The van der Waals surface area contributed by atoms with Crippen LogP contribution < -0.4 is 9.47 Å². The lowest BCUT2D eigenvalue weighted by Gasteiger charge is -2.29. The summed E-state index contributed by atoms with van der Waals surface area (Å²) in [7, 11) is 3.18. The van der Waals surface area contributed by atoms with E-state index < -0.39 is 0 Å². The predicted molar refractivity (Wildman–Crippen MR) is 116 cm³/mol. The lowest BCUT2D eigenvalue weighted by Crippen LogP contribution is -2.36. The topological polar surface area (TPSA) is 77.7 Å². The molecular weight excluding hydrogens is 394 g/mol. The molecule has 0 radical (unpaired) electrons. The Morgan fingerprint density at radius 1 is 1.13 bits per heavy atom. The van der Waals surface area contributed by atoms with Crippen LogP contribution in [0, 0.1) is 5.92 Å². The lowest BCUT2D eigenvalue weighted by atomic mass is 10.1. The van der Waals surface area contributed by atoms with Crippen LogP contribution in [0.25, 0.3) is 11.4 Å². The molecule has 1 heterocycles. The van der Waals surface area contributed by atoms with E-state index in [0.29, 0.717) is 36.2 Å². The van der Waals surface area contributed by atoms with Crippen LogP contribution in [0.4, 0.5) is 0 Å². The number of aromatic nitrogens is 2. The van der Waals surface area contributed by atoms with Crippen molar-refractivity contribution in [2.45, 2.75) is 32.2 Å². The Kier molecular flexibility index (Phi) is 6.21. The largest absolute Gasteiger partial charge is 0.493 e. The highest BCUT2D eigenvalue weighted by molar-refractivity contribution is 5.81. The van der Waals surface area contributed by atoms with Gasteiger partial charge in [-0.25, -0.2) is 0 Å². The Morgan fingerprint density at radius 2 is 1.87 bits per heavy atom. The summed E-state index contributed by atoms with van der Waals surface area (Å²) in [5.74, 6) is 2.57. The van der Waals surface area contributed by atoms with Gasteiger partial charge in [0.05, 0.1) is 20.3 Å². The van der Waals surface area contributed by atoms with Crippen LogP contribution in [-0.4, -0.2) is 41.7 Å². The van der Waals surface area contributed by atoms with Crippen LogP contribution in [0.1, 0.15) is 37.3 Å². The van der Waals surface area contributed by atoms with E-state index in [0.717, 1.165) is 24.0 Å². The van der Waals surface area contributed by atoms with E-state index in [1.807, 2.05) is 41.3 Å². The van der Waals surface area contributed by atoms with Crippen molar-refractivity contribution in [1.82, 2.24) is 15.0 Å². The van der Waals surface area contributed by atoms with Gasteiger partial charge in [-0.2, -0.15) is 4.98 Å². The smallest absolute Gasteiger partial charge is 0.228 e. The highest BCUT2D eigenvalue weighted by atomic mass is 16.5. The zero-order valence-corrected chi connectivity index (χ0v) is 18.1. The van der Waals surface area contributed by atoms with E-state index >= 15 is 0 Å². The molecule has 4 rings (SSSR count). The van der Waals surface area contributed by atoms with Gasteiger partial charge in [-0.05, 0) is 43.5 Å². The third-order valence-corrected chi connectivity index (χ3v) is 5.64. The lowest BCUT2D eigenvalue weighted by molar-refractivity contribution is -0.134. The van der Waals surface area contributed by atoms with Crippen molar-refractivity contribution < 1.29 is 18.8 Å². The molecular formula is C24H27N3O4. The maximum Gasteiger partial charge on any atom is 0.228 e. The zero-order chi connectivity index (χ0) is 21.8. The Balaban J connectivity index is 1.48. The number of carbonyl (C=O) groups excluding carboxylic acids is 1. The Morgan fingerprint density at radius 3 is 2.55 bits per heavy atom. The number of ether oxygens (including phenoxy) is 2. The van der Waals surface area contributed by atoms with E-state index in [1.54, 1.807) is 14.2 Å². The SMILES string of the molecule is COc1ccc(-c2noc(CCN(C(=O)C3CC3)[C@@H](C)c3ccccc3)n2)cc1OC. The van der Waals surface area contributed by atoms with Crippen LogP contribution in [-0.2, 0) is 11.2 Å².